The van der Waals surface area contributed by atoms with Crippen LogP contribution in [0.15, 0.2) is 29.2 Å². The van der Waals surface area contributed by atoms with Crippen LogP contribution in [0.4, 0.5) is 5.69 Å². The van der Waals surface area contributed by atoms with Crippen LogP contribution in [-0.2, 0) is 15.4 Å². The van der Waals surface area contributed by atoms with Crippen molar-refractivity contribution in [2.75, 3.05) is 18.4 Å². The molecular formula is C24H30N4O3S2. The number of carbonyl (C=O) groups excluding carboxylic acids is 1. The van der Waals surface area contributed by atoms with Gasteiger partial charge in [-0.15, -0.1) is 11.3 Å². The maximum absolute atomic E-state index is 13.2. The van der Waals surface area contributed by atoms with Crippen molar-refractivity contribution < 1.29 is 13.2 Å². The molecule has 2 aromatic heterocycles. The molecule has 3 heterocycles. The molecule has 1 aliphatic rings. The van der Waals surface area contributed by atoms with Crippen LogP contribution in [0.2, 0.25) is 0 Å². The number of hydrogen-bond acceptors (Lipinski definition) is 6. The maximum Gasteiger partial charge on any atom is 0.266 e. The number of rotatable bonds is 4. The number of thiophene rings is 1. The van der Waals surface area contributed by atoms with Crippen molar-refractivity contribution in [2.24, 2.45) is 0 Å². The molecule has 4 rings (SSSR count). The van der Waals surface area contributed by atoms with Gasteiger partial charge in [-0.2, -0.15) is 4.31 Å². The molecule has 1 aromatic carbocycles. The first kappa shape index (κ1) is 23.8. The number of fused-ring (bicyclic) bond motifs is 1. The average molecular weight is 487 g/mol. The first-order valence-corrected chi connectivity index (χ1v) is 13.4. The van der Waals surface area contributed by atoms with E-state index >= 15 is 0 Å². The third kappa shape index (κ3) is 4.67. The normalized spacial score (nSPS) is 15.7. The van der Waals surface area contributed by atoms with E-state index in [0.717, 1.165) is 46.6 Å². The monoisotopic (exact) mass is 486 g/mol. The van der Waals surface area contributed by atoms with Crippen molar-refractivity contribution >= 4 is 43.2 Å². The molecule has 1 N–H and O–H groups in total. The van der Waals surface area contributed by atoms with Crippen LogP contribution in [0, 0.1) is 13.8 Å². The van der Waals surface area contributed by atoms with Crippen LogP contribution in [0.3, 0.4) is 0 Å². The number of nitrogens with zero attached hydrogens (tertiary/aromatic N) is 3. The van der Waals surface area contributed by atoms with E-state index in [2.05, 4.69) is 31.1 Å². The lowest BCUT2D eigenvalue weighted by atomic mass is 9.95. The number of carbonyl (C=O) groups is 1. The number of amides is 1. The Balaban J connectivity index is 1.63. The Morgan fingerprint density at radius 3 is 2.45 bits per heavy atom. The fourth-order valence-electron chi connectivity index (χ4n) is 4.07. The molecule has 1 fully saturated rings. The Bertz CT molecular complexity index is 1320. The molecule has 9 heteroatoms. The zero-order valence-electron chi connectivity index (χ0n) is 19.7. The van der Waals surface area contributed by atoms with Crippen molar-refractivity contribution in [3.05, 3.63) is 46.2 Å². The van der Waals surface area contributed by atoms with Crippen molar-refractivity contribution in [2.45, 2.75) is 64.2 Å². The summed E-state index contributed by atoms with van der Waals surface area (Å²) in [6, 6.07) is 6.48. The molecule has 176 valence electrons. The molecule has 3 aromatic rings. The third-order valence-corrected chi connectivity index (χ3v) is 8.97. The lowest BCUT2D eigenvalue weighted by Crippen LogP contribution is -2.35. The van der Waals surface area contributed by atoms with Gasteiger partial charge < -0.3 is 5.32 Å². The fourth-order valence-corrected chi connectivity index (χ4v) is 6.76. The second kappa shape index (κ2) is 8.77. The second-order valence-electron chi connectivity index (χ2n) is 9.57. The van der Waals surface area contributed by atoms with Gasteiger partial charge in [0.15, 0.2) is 0 Å². The number of piperidine rings is 1. The summed E-state index contributed by atoms with van der Waals surface area (Å²) in [5.41, 5.74) is 1.95. The molecule has 1 saturated heterocycles. The summed E-state index contributed by atoms with van der Waals surface area (Å²) in [6.07, 6.45) is 2.80. The number of sulfonamides is 1. The number of benzene rings is 1. The van der Waals surface area contributed by atoms with Crippen molar-refractivity contribution in [1.29, 1.82) is 0 Å². The first-order chi connectivity index (χ1) is 15.5. The predicted molar refractivity (Wildman–Crippen MR) is 133 cm³/mol. The summed E-state index contributed by atoms with van der Waals surface area (Å²) in [5.74, 6) is 0.469. The summed E-state index contributed by atoms with van der Waals surface area (Å²) in [7, 11) is -3.57. The van der Waals surface area contributed by atoms with Gasteiger partial charge in [0.2, 0.25) is 10.0 Å². The van der Waals surface area contributed by atoms with Crippen LogP contribution in [-0.4, -0.2) is 41.7 Å². The van der Waals surface area contributed by atoms with E-state index in [4.69, 9.17) is 4.98 Å². The number of anilines is 1. The first-order valence-electron chi connectivity index (χ1n) is 11.2. The molecule has 33 heavy (non-hydrogen) atoms. The minimum Gasteiger partial charge on any atom is -0.321 e. The van der Waals surface area contributed by atoms with E-state index in [0.29, 0.717) is 23.7 Å². The Hall–Kier alpha value is -2.36. The van der Waals surface area contributed by atoms with Gasteiger partial charge in [0, 0.05) is 29.6 Å². The van der Waals surface area contributed by atoms with E-state index in [1.165, 1.54) is 21.7 Å². The molecular weight excluding hydrogens is 456 g/mol. The molecule has 0 radical (unpaired) electrons. The Morgan fingerprint density at radius 1 is 1.09 bits per heavy atom. The van der Waals surface area contributed by atoms with E-state index in [1.54, 1.807) is 18.2 Å². The van der Waals surface area contributed by atoms with Crippen LogP contribution in [0.5, 0.6) is 0 Å². The largest absolute Gasteiger partial charge is 0.321 e. The molecule has 0 aliphatic carbocycles. The number of aromatic nitrogens is 2. The van der Waals surface area contributed by atoms with Gasteiger partial charge in [0.25, 0.3) is 5.91 Å². The van der Waals surface area contributed by atoms with E-state index in [9.17, 15) is 13.2 Å². The fraction of sp³-hybridized carbons (Fsp3) is 0.458. The molecule has 7 nitrogen and oxygen atoms in total. The molecule has 1 amide bonds. The van der Waals surface area contributed by atoms with Crippen molar-refractivity contribution in [3.63, 3.8) is 0 Å². The zero-order valence-corrected chi connectivity index (χ0v) is 21.4. The lowest BCUT2D eigenvalue weighted by Gasteiger charge is -2.26. The van der Waals surface area contributed by atoms with E-state index < -0.39 is 10.0 Å². The molecule has 0 saturated carbocycles. The number of aryl methyl sites for hydroxylation is 2. The Morgan fingerprint density at radius 2 is 1.79 bits per heavy atom. The average Bonchev–Trinajstić information content (AvgIpc) is 3.11. The molecule has 0 unspecified atom stereocenters. The van der Waals surface area contributed by atoms with Crippen molar-refractivity contribution in [3.8, 4) is 0 Å². The Labute approximate surface area is 199 Å². The summed E-state index contributed by atoms with van der Waals surface area (Å²) in [6.45, 7) is 11.1. The quantitative estimate of drug-likeness (QED) is 0.558. The topological polar surface area (TPSA) is 92.3 Å². The highest BCUT2D eigenvalue weighted by Gasteiger charge is 2.27. The summed E-state index contributed by atoms with van der Waals surface area (Å²) in [4.78, 5) is 24.1. The second-order valence-corrected chi connectivity index (χ2v) is 12.5. The van der Waals surface area contributed by atoms with Crippen LogP contribution in [0.1, 0.15) is 66.8 Å². The van der Waals surface area contributed by atoms with E-state index in [1.807, 2.05) is 13.8 Å². The SMILES string of the molecule is Cc1nc(C(C)(C)C)nc2sc(C(=O)Nc3cccc(S(=O)(=O)N4CCCCC4)c3)c(C)c12. The zero-order chi connectivity index (χ0) is 24.0. The van der Waals surface area contributed by atoms with Gasteiger partial charge in [-0.05, 0) is 50.5 Å². The summed E-state index contributed by atoms with van der Waals surface area (Å²) < 4.78 is 27.6. The lowest BCUT2D eigenvalue weighted by molar-refractivity contribution is 0.103. The van der Waals surface area contributed by atoms with Crippen LogP contribution < -0.4 is 5.32 Å². The molecule has 1 aliphatic heterocycles. The molecule has 0 bridgehead atoms. The number of nitrogens with one attached hydrogen (secondary N) is 1. The summed E-state index contributed by atoms with van der Waals surface area (Å²) in [5, 5.41) is 3.78. The van der Waals surface area contributed by atoms with Gasteiger partial charge in [0.1, 0.15) is 10.7 Å². The van der Waals surface area contributed by atoms with Crippen LogP contribution >= 0.6 is 11.3 Å². The number of hydrogen-bond donors (Lipinski definition) is 1. The van der Waals surface area contributed by atoms with Gasteiger partial charge >= 0.3 is 0 Å². The van der Waals surface area contributed by atoms with Crippen molar-refractivity contribution in [1.82, 2.24) is 14.3 Å². The highest BCUT2D eigenvalue weighted by atomic mass is 32.2. The highest BCUT2D eigenvalue weighted by Crippen LogP contribution is 2.34. The van der Waals surface area contributed by atoms with Gasteiger partial charge in [0.05, 0.1) is 15.5 Å². The maximum atomic E-state index is 13.2. The molecule has 0 atom stereocenters. The van der Waals surface area contributed by atoms with Gasteiger partial charge in [-0.1, -0.05) is 33.3 Å². The minimum absolute atomic E-state index is 0.195. The predicted octanol–water partition coefficient (Wildman–Crippen LogP) is 5.03. The Kier molecular flexibility index (Phi) is 6.32. The van der Waals surface area contributed by atoms with Gasteiger partial charge in [-0.3, -0.25) is 4.79 Å². The highest BCUT2D eigenvalue weighted by molar-refractivity contribution is 7.89. The standard InChI is InChI=1S/C24H30N4O3S2/c1-15-19-16(2)25-23(24(3,4)5)27-22(19)32-20(15)21(29)26-17-10-9-11-18(14-17)33(30,31)28-12-7-6-8-13-28/h9-11,14H,6-8,12-13H2,1-5H3,(H,26,29). The minimum atomic E-state index is -3.57. The van der Waals surface area contributed by atoms with E-state index in [-0.39, 0.29) is 16.2 Å². The molecule has 0 spiro atoms. The third-order valence-electron chi connectivity index (χ3n) is 5.89. The van der Waals surface area contributed by atoms with Gasteiger partial charge in [-0.25, -0.2) is 18.4 Å². The smallest absolute Gasteiger partial charge is 0.266 e. The van der Waals surface area contributed by atoms with Crippen LogP contribution in [0.25, 0.3) is 10.2 Å². The summed E-state index contributed by atoms with van der Waals surface area (Å²) >= 11 is 1.34.